The molecule has 1 amide bonds. The van der Waals surface area contributed by atoms with Crippen molar-refractivity contribution < 1.29 is 4.79 Å². The number of nitrogens with one attached hydrogen (secondary N) is 1. The van der Waals surface area contributed by atoms with Crippen LogP contribution in [0.15, 0.2) is 30.2 Å². The summed E-state index contributed by atoms with van der Waals surface area (Å²) in [6, 6.07) is 3.77. The van der Waals surface area contributed by atoms with Gasteiger partial charge in [0, 0.05) is 50.3 Å². The largest absolute Gasteiger partial charge is 0.373 e. The lowest BCUT2D eigenvalue weighted by atomic mass is 10.1. The summed E-state index contributed by atoms with van der Waals surface area (Å²) in [5, 5.41) is 12.0. The molecular weight excluding hydrogens is 292 g/mol. The maximum atomic E-state index is 12.1. The van der Waals surface area contributed by atoms with Gasteiger partial charge in [0.2, 0.25) is 5.95 Å². The average Bonchev–Trinajstić information content (AvgIpc) is 2.52. The molecule has 1 aromatic heterocycles. The van der Waals surface area contributed by atoms with Crippen LogP contribution in [0.5, 0.6) is 0 Å². The number of anilines is 1. The third kappa shape index (κ3) is 4.95. The molecule has 2 rings (SSSR count). The van der Waals surface area contributed by atoms with E-state index in [-0.39, 0.29) is 17.0 Å². The minimum absolute atomic E-state index is 0.129. The Balaban J connectivity index is 1.96. The molecule has 0 spiro atoms. The van der Waals surface area contributed by atoms with E-state index in [1.807, 2.05) is 31.7 Å². The smallest absolute Gasteiger partial charge is 0.263 e. The highest BCUT2D eigenvalue weighted by molar-refractivity contribution is 5.97. The average molecular weight is 314 g/mol. The lowest BCUT2D eigenvalue weighted by Crippen LogP contribution is -2.45. The van der Waals surface area contributed by atoms with Crippen LogP contribution in [0.25, 0.3) is 0 Å². The molecule has 7 nitrogen and oxygen atoms in total. The number of carbonyl (C=O) groups is 1. The van der Waals surface area contributed by atoms with Crippen molar-refractivity contribution in [2.45, 2.75) is 26.3 Å². The van der Waals surface area contributed by atoms with Gasteiger partial charge >= 0.3 is 0 Å². The molecular formula is C16H22N6O. The zero-order valence-corrected chi connectivity index (χ0v) is 13.8. The minimum atomic E-state index is -0.365. The van der Waals surface area contributed by atoms with Gasteiger partial charge in [0.25, 0.3) is 5.91 Å². The zero-order valence-electron chi connectivity index (χ0n) is 13.8. The molecule has 2 heterocycles. The van der Waals surface area contributed by atoms with Gasteiger partial charge in [-0.2, -0.15) is 5.26 Å². The van der Waals surface area contributed by atoms with Crippen molar-refractivity contribution >= 4 is 11.9 Å². The first-order valence-electron chi connectivity index (χ1n) is 7.59. The molecule has 0 saturated carbocycles. The van der Waals surface area contributed by atoms with Crippen LogP contribution in [0.2, 0.25) is 0 Å². The summed E-state index contributed by atoms with van der Waals surface area (Å²) in [7, 11) is 0. The predicted octanol–water partition coefficient (Wildman–Crippen LogP) is 0.921. The lowest BCUT2D eigenvalue weighted by molar-refractivity contribution is -0.118. The molecule has 1 fully saturated rings. The highest BCUT2D eigenvalue weighted by Gasteiger charge is 2.21. The van der Waals surface area contributed by atoms with Crippen LogP contribution in [-0.2, 0) is 4.79 Å². The second-order valence-corrected chi connectivity index (χ2v) is 6.43. The Bertz CT molecular complexity index is 606. The quantitative estimate of drug-likeness (QED) is 0.659. The Morgan fingerprint density at radius 1 is 1.26 bits per heavy atom. The van der Waals surface area contributed by atoms with Crippen LogP contribution in [0, 0.1) is 11.3 Å². The van der Waals surface area contributed by atoms with E-state index in [4.69, 9.17) is 0 Å². The Labute approximate surface area is 136 Å². The van der Waals surface area contributed by atoms with Crippen LogP contribution < -0.4 is 10.2 Å². The fourth-order valence-corrected chi connectivity index (χ4v) is 2.23. The van der Waals surface area contributed by atoms with Crippen molar-refractivity contribution in [3.63, 3.8) is 0 Å². The molecule has 0 aliphatic carbocycles. The molecule has 0 aromatic carbocycles. The Morgan fingerprint density at radius 2 is 1.87 bits per heavy atom. The number of amides is 1. The highest BCUT2D eigenvalue weighted by Crippen LogP contribution is 2.11. The fraction of sp³-hybridized carbons (Fsp3) is 0.500. The summed E-state index contributed by atoms with van der Waals surface area (Å²) in [6.45, 7) is 8.59. The van der Waals surface area contributed by atoms with E-state index in [2.05, 4.69) is 20.2 Å². The van der Waals surface area contributed by atoms with Gasteiger partial charge in [-0.1, -0.05) is 0 Å². The second kappa shape index (κ2) is 7.09. The van der Waals surface area contributed by atoms with E-state index < -0.39 is 0 Å². The first-order chi connectivity index (χ1) is 10.9. The summed E-state index contributed by atoms with van der Waals surface area (Å²) in [4.78, 5) is 24.6. The monoisotopic (exact) mass is 314 g/mol. The molecule has 7 heteroatoms. The Morgan fingerprint density at radius 3 is 2.39 bits per heavy atom. The third-order valence-corrected chi connectivity index (χ3v) is 3.31. The second-order valence-electron chi connectivity index (χ2n) is 6.43. The molecule has 122 valence electrons. The van der Waals surface area contributed by atoms with Crippen molar-refractivity contribution in [1.29, 1.82) is 5.26 Å². The van der Waals surface area contributed by atoms with Gasteiger partial charge < -0.3 is 15.1 Å². The van der Waals surface area contributed by atoms with Gasteiger partial charge in [-0.25, -0.2) is 9.97 Å². The van der Waals surface area contributed by atoms with E-state index in [0.717, 1.165) is 13.1 Å². The molecule has 1 saturated heterocycles. The van der Waals surface area contributed by atoms with Crippen LogP contribution in [-0.4, -0.2) is 52.5 Å². The molecule has 1 aliphatic heterocycles. The maximum absolute atomic E-state index is 12.1. The number of piperazine rings is 1. The molecule has 1 aliphatic rings. The van der Waals surface area contributed by atoms with Gasteiger partial charge in [0.15, 0.2) is 0 Å². The SMILES string of the molecule is CC(C)(C)NC(=O)/C(C#N)=C\N1CCN(c2ncccn2)CC1. The molecule has 0 atom stereocenters. The molecule has 0 bridgehead atoms. The predicted molar refractivity (Wildman–Crippen MR) is 87.4 cm³/mol. The summed E-state index contributed by atoms with van der Waals surface area (Å²) >= 11 is 0. The van der Waals surface area contributed by atoms with E-state index in [9.17, 15) is 10.1 Å². The standard InChI is InChI=1S/C16H22N6O/c1-16(2,3)20-14(23)13(11-17)12-21-7-9-22(10-8-21)15-18-5-4-6-19-15/h4-6,12H,7-10H2,1-3H3,(H,20,23)/b13-12-. The fourth-order valence-electron chi connectivity index (χ4n) is 2.23. The van der Waals surface area contributed by atoms with Crippen LogP contribution in [0.3, 0.4) is 0 Å². The maximum Gasteiger partial charge on any atom is 0.263 e. The molecule has 0 unspecified atom stereocenters. The van der Waals surface area contributed by atoms with Crippen molar-refractivity contribution in [2.24, 2.45) is 0 Å². The van der Waals surface area contributed by atoms with E-state index in [1.165, 1.54) is 0 Å². The van der Waals surface area contributed by atoms with Crippen molar-refractivity contribution in [2.75, 3.05) is 31.1 Å². The van der Waals surface area contributed by atoms with E-state index in [0.29, 0.717) is 19.0 Å². The van der Waals surface area contributed by atoms with E-state index >= 15 is 0 Å². The first-order valence-corrected chi connectivity index (χ1v) is 7.59. The number of nitriles is 1. The lowest BCUT2D eigenvalue weighted by Gasteiger charge is -2.34. The molecule has 1 N–H and O–H groups in total. The van der Waals surface area contributed by atoms with Gasteiger partial charge in [0.1, 0.15) is 11.6 Å². The van der Waals surface area contributed by atoms with Crippen LogP contribution in [0.1, 0.15) is 20.8 Å². The molecule has 1 aromatic rings. The van der Waals surface area contributed by atoms with Crippen molar-refractivity contribution in [3.05, 3.63) is 30.2 Å². The van der Waals surface area contributed by atoms with E-state index in [1.54, 1.807) is 24.7 Å². The van der Waals surface area contributed by atoms with Crippen molar-refractivity contribution in [3.8, 4) is 6.07 Å². The topological polar surface area (TPSA) is 85.2 Å². The van der Waals surface area contributed by atoms with Crippen LogP contribution in [0.4, 0.5) is 5.95 Å². The molecule has 0 radical (unpaired) electrons. The number of hydrogen-bond donors (Lipinski definition) is 1. The van der Waals surface area contributed by atoms with Crippen molar-refractivity contribution in [1.82, 2.24) is 20.2 Å². The summed E-state index contributed by atoms with van der Waals surface area (Å²) < 4.78 is 0. The minimum Gasteiger partial charge on any atom is -0.373 e. The number of nitrogens with zero attached hydrogens (tertiary/aromatic N) is 5. The van der Waals surface area contributed by atoms with Gasteiger partial charge in [-0.15, -0.1) is 0 Å². The first kappa shape index (κ1) is 16.7. The zero-order chi connectivity index (χ0) is 16.9. The Kier molecular flexibility index (Phi) is 5.16. The highest BCUT2D eigenvalue weighted by atomic mass is 16.1. The van der Waals surface area contributed by atoms with Gasteiger partial charge in [0.05, 0.1) is 0 Å². The summed E-state index contributed by atoms with van der Waals surface area (Å²) in [5.74, 6) is 0.371. The van der Waals surface area contributed by atoms with Gasteiger partial charge in [-0.3, -0.25) is 4.79 Å². The normalized spacial score (nSPS) is 16.0. The summed E-state index contributed by atoms with van der Waals surface area (Å²) in [6.07, 6.45) is 5.09. The third-order valence-electron chi connectivity index (χ3n) is 3.31. The number of hydrogen-bond acceptors (Lipinski definition) is 6. The number of carbonyl (C=O) groups excluding carboxylic acids is 1. The van der Waals surface area contributed by atoms with Crippen LogP contribution >= 0.6 is 0 Å². The molecule has 23 heavy (non-hydrogen) atoms. The summed E-state index contributed by atoms with van der Waals surface area (Å²) in [5.41, 5.74) is -0.236. The number of aromatic nitrogens is 2. The Hall–Kier alpha value is -2.62. The van der Waals surface area contributed by atoms with Gasteiger partial charge in [-0.05, 0) is 26.8 Å². The number of rotatable bonds is 3.